The zero-order valence-electron chi connectivity index (χ0n) is 50.1. The fraction of sp³-hybridized carbons (Fsp3) is 0.0119. The second kappa shape index (κ2) is 18.8. The smallest absolute Gasteiger partial charge is 0.188 e. The van der Waals surface area contributed by atoms with Crippen LogP contribution in [0.15, 0.2) is 291 Å². The van der Waals surface area contributed by atoms with Crippen molar-refractivity contribution >= 4 is 110 Å². The number of hydrogen-bond donors (Lipinski definition) is 0. The van der Waals surface area contributed by atoms with E-state index >= 15 is 0 Å². The molecule has 6 aromatic heterocycles. The predicted octanol–water partition coefficient (Wildman–Crippen LogP) is 21.5. The second-order valence-corrected chi connectivity index (χ2v) is 24.7. The van der Waals surface area contributed by atoms with Gasteiger partial charge in [0.25, 0.3) is 0 Å². The molecule has 0 radical (unpaired) electrons. The Bertz CT molecular complexity index is 6120. The molecule has 21 rings (SSSR count). The number of anilines is 3. The van der Waals surface area contributed by atoms with E-state index in [1.807, 2.05) is 48.8 Å². The van der Waals surface area contributed by atoms with Gasteiger partial charge >= 0.3 is 0 Å². The molecule has 0 fully saturated rings. The number of nitrogens with zero attached hydrogens (tertiary/aromatic N) is 8. The van der Waals surface area contributed by atoms with Gasteiger partial charge in [0.05, 0.1) is 108 Å². The number of aromatic nitrogens is 6. The summed E-state index contributed by atoms with van der Waals surface area (Å²) in [4.78, 5) is 17.6. The zero-order valence-corrected chi connectivity index (χ0v) is 50.1. The van der Waals surface area contributed by atoms with E-state index in [0.717, 1.165) is 172 Å². The van der Waals surface area contributed by atoms with Crippen molar-refractivity contribution in [2.24, 2.45) is 0 Å². The van der Waals surface area contributed by atoms with E-state index in [4.69, 9.17) is 26.0 Å². The normalized spacial score (nSPS) is 13.3. The minimum Gasteiger partial charge on any atom is -0.457 e. The SMILES string of the molecule is [C-]#[N+]c1ccc2c(c1)c1ccccc1n2-c1cccc2c1C1(c3ccc(-n4c5ccccc5c5cc(N6c7ccccc7Oc7ccccc76)ccc54)cc3O2)c2cc(-n3c4ccccc4c4ccccc43)cnc2-c2ncc(-n3c4ccccc4c4ccccc43)cc21. The van der Waals surface area contributed by atoms with Crippen molar-refractivity contribution < 1.29 is 9.47 Å². The van der Waals surface area contributed by atoms with Gasteiger partial charge in [-0.25, -0.2) is 4.85 Å². The minimum atomic E-state index is -1.15. The molecule has 3 aliphatic rings. The molecule has 8 heterocycles. The Morgan fingerprint density at radius 1 is 0.298 bits per heavy atom. The van der Waals surface area contributed by atoms with E-state index in [9.17, 15) is 0 Å². The van der Waals surface area contributed by atoms with Gasteiger partial charge < -0.3 is 32.6 Å². The van der Waals surface area contributed by atoms with Gasteiger partial charge in [-0.1, -0.05) is 152 Å². The molecule has 0 N–H and O–H groups in total. The number of para-hydroxylation sites is 10. The summed E-state index contributed by atoms with van der Waals surface area (Å²) in [5.74, 6) is 3.02. The van der Waals surface area contributed by atoms with Gasteiger partial charge in [-0.2, -0.15) is 0 Å². The van der Waals surface area contributed by atoms with E-state index in [2.05, 4.69) is 271 Å². The van der Waals surface area contributed by atoms with Crippen LogP contribution in [0.5, 0.6) is 23.0 Å². The summed E-state index contributed by atoms with van der Waals surface area (Å²) in [7, 11) is 0. The standard InChI is InChI=1S/C84H48N8O2/c1-85-50-37-41-73-61(43-50)59-23-7-13-30-71(59)92(73)76-33-18-36-79-81(76)84(63-40-38-52(47-80(63)94-79)88-70-29-12-6-24-60(70)62-44-51(39-42-72(62)88)89-74-31-14-16-34-77(74)93-78-35-17-15-32-75(78)89)64-45-53(90-66-25-8-2-19-55(66)56-20-3-9-26-67(56)90)48-86-82(64)83-65(84)46-54(49-87-83)91-68-27-10-4-21-57(68)58-22-5-11-28-69(58)91/h2-49H. The Labute approximate surface area is 537 Å². The molecule has 12 aromatic carbocycles. The zero-order chi connectivity index (χ0) is 61.5. The number of rotatable bonds is 5. The number of ether oxygens (including phenoxy) is 2. The van der Waals surface area contributed by atoms with Crippen molar-refractivity contribution in [3.63, 3.8) is 0 Å². The fourth-order valence-corrected chi connectivity index (χ4v) is 16.3. The first-order valence-electron chi connectivity index (χ1n) is 31.6. The molecule has 0 saturated heterocycles. The van der Waals surface area contributed by atoms with Crippen LogP contribution in [0, 0.1) is 6.57 Å². The maximum absolute atomic E-state index is 8.17. The summed E-state index contributed by atoms with van der Waals surface area (Å²) < 4.78 is 23.7. The summed E-state index contributed by atoms with van der Waals surface area (Å²) in [6.07, 6.45) is 4.07. The fourth-order valence-electron chi connectivity index (χ4n) is 16.3. The van der Waals surface area contributed by atoms with Crippen LogP contribution in [0.3, 0.4) is 0 Å². The molecule has 0 saturated carbocycles. The summed E-state index contributed by atoms with van der Waals surface area (Å²) in [6, 6.07) is 99.4. The first kappa shape index (κ1) is 50.8. The predicted molar refractivity (Wildman–Crippen MR) is 378 cm³/mol. The van der Waals surface area contributed by atoms with E-state index in [1.54, 1.807) is 0 Å². The van der Waals surface area contributed by atoms with Crippen molar-refractivity contribution in [2.45, 2.75) is 5.41 Å². The first-order valence-corrected chi connectivity index (χ1v) is 31.6. The number of hydrogen-bond acceptors (Lipinski definition) is 5. The molecule has 0 atom stereocenters. The third-order valence-electron chi connectivity index (χ3n) is 20.1. The highest BCUT2D eigenvalue weighted by Crippen LogP contribution is 2.64. The number of fused-ring (bicyclic) bond motifs is 23. The van der Waals surface area contributed by atoms with Gasteiger partial charge in [0.2, 0.25) is 0 Å². The average Bonchev–Trinajstić information content (AvgIpc) is 1.42. The van der Waals surface area contributed by atoms with Crippen LogP contribution in [0.2, 0.25) is 0 Å². The van der Waals surface area contributed by atoms with Crippen LogP contribution in [0.4, 0.5) is 22.7 Å². The molecule has 0 unspecified atom stereocenters. The van der Waals surface area contributed by atoms with Crippen LogP contribution in [-0.4, -0.2) is 28.2 Å². The monoisotopic (exact) mass is 1200 g/mol. The molecule has 0 bridgehead atoms. The van der Waals surface area contributed by atoms with E-state index in [-0.39, 0.29) is 0 Å². The number of benzene rings is 12. The van der Waals surface area contributed by atoms with Crippen LogP contribution in [0.25, 0.3) is 126 Å². The highest BCUT2D eigenvalue weighted by Gasteiger charge is 2.55. The van der Waals surface area contributed by atoms with Gasteiger partial charge in [0.1, 0.15) is 11.5 Å². The molecule has 0 amide bonds. The summed E-state index contributed by atoms with van der Waals surface area (Å²) >= 11 is 0. The summed E-state index contributed by atoms with van der Waals surface area (Å²) in [5.41, 5.74) is 20.0. The van der Waals surface area contributed by atoms with Gasteiger partial charge in [-0.15, -0.1) is 0 Å². The Kier molecular flexibility index (Phi) is 10.2. The third-order valence-corrected chi connectivity index (χ3v) is 20.1. The average molecular weight is 1200 g/mol. The Balaban J connectivity index is 0.869. The van der Waals surface area contributed by atoms with Crippen molar-refractivity contribution in [1.82, 2.24) is 28.2 Å². The first-order chi connectivity index (χ1) is 46.6. The lowest BCUT2D eigenvalue weighted by molar-refractivity contribution is 0.435. The van der Waals surface area contributed by atoms with Crippen molar-refractivity contribution in [1.29, 1.82) is 0 Å². The Morgan fingerprint density at radius 3 is 1.24 bits per heavy atom. The van der Waals surface area contributed by atoms with Crippen LogP contribution >= 0.6 is 0 Å². The quantitative estimate of drug-likeness (QED) is 0.161. The van der Waals surface area contributed by atoms with Crippen LogP contribution < -0.4 is 14.4 Å². The molecular weight excluding hydrogens is 1150 g/mol. The molecule has 10 nitrogen and oxygen atoms in total. The summed E-state index contributed by atoms with van der Waals surface area (Å²) in [5, 5.41) is 8.93. The van der Waals surface area contributed by atoms with Gasteiger partial charge in [0.15, 0.2) is 17.2 Å². The molecule has 436 valence electrons. The van der Waals surface area contributed by atoms with Crippen molar-refractivity contribution in [2.75, 3.05) is 4.90 Å². The molecule has 94 heavy (non-hydrogen) atoms. The largest absolute Gasteiger partial charge is 0.457 e. The van der Waals surface area contributed by atoms with Gasteiger partial charge in [0, 0.05) is 77.4 Å². The molecule has 1 spiro atoms. The lowest BCUT2D eigenvalue weighted by Crippen LogP contribution is -2.34. The lowest BCUT2D eigenvalue weighted by atomic mass is 9.65. The maximum atomic E-state index is 8.17. The topological polar surface area (TPSA) is 71.6 Å². The molecular formula is C84H48N8O2. The highest BCUT2D eigenvalue weighted by atomic mass is 16.5. The second-order valence-electron chi connectivity index (χ2n) is 24.7. The van der Waals surface area contributed by atoms with Gasteiger partial charge in [-0.05, 0) is 127 Å². The van der Waals surface area contributed by atoms with E-state index < -0.39 is 5.41 Å². The van der Waals surface area contributed by atoms with Crippen molar-refractivity contribution in [3.05, 3.63) is 325 Å². The highest BCUT2D eigenvalue weighted by molar-refractivity contribution is 6.14. The molecule has 10 heteroatoms. The molecule has 2 aliphatic heterocycles. The van der Waals surface area contributed by atoms with Gasteiger partial charge in [-0.3, -0.25) is 9.97 Å². The molecule has 1 aliphatic carbocycles. The lowest BCUT2D eigenvalue weighted by Gasteiger charge is -2.40. The van der Waals surface area contributed by atoms with Crippen LogP contribution in [0.1, 0.15) is 22.3 Å². The maximum Gasteiger partial charge on any atom is 0.188 e. The summed E-state index contributed by atoms with van der Waals surface area (Å²) in [6.45, 7) is 8.17. The van der Waals surface area contributed by atoms with E-state index in [1.165, 1.54) is 0 Å². The number of pyridine rings is 2. The third kappa shape index (κ3) is 6.70. The van der Waals surface area contributed by atoms with Crippen LogP contribution in [-0.2, 0) is 5.41 Å². The van der Waals surface area contributed by atoms with Crippen molar-refractivity contribution in [3.8, 4) is 57.1 Å². The Morgan fingerprint density at radius 2 is 0.702 bits per heavy atom. The minimum absolute atomic E-state index is 0.582. The molecule has 18 aromatic rings. The van der Waals surface area contributed by atoms with E-state index in [0.29, 0.717) is 17.2 Å². The Hall–Kier alpha value is -13.0.